The maximum atomic E-state index is 9.07. The largest absolute Gasteiger partial charge is 0.411 e. The molecular formula is C14H19NO. The summed E-state index contributed by atoms with van der Waals surface area (Å²) < 4.78 is 0. The third-order valence-corrected chi connectivity index (χ3v) is 3.42. The molecule has 0 aliphatic heterocycles. The van der Waals surface area contributed by atoms with Gasteiger partial charge in [0.1, 0.15) is 0 Å². The van der Waals surface area contributed by atoms with Crippen LogP contribution in [0.5, 0.6) is 0 Å². The van der Waals surface area contributed by atoms with Crippen LogP contribution in [-0.2, 0) is 6.42 Å². The highest BCUT2D eigenvalue weighted by molar-refractivity contribution is 5.93. The normalized spacial score (nSPS) is 19.1. The first kappa shape index (κ1) is 11.2. The van der Waals surface area contributed by atoms with E-state index < -0.39 is 0 Å². The second kappa shape index (κ2) is 5.15. The number of rotatable bonds is 5. The summed E-state index contributed by atoms with van der Waals surface area (Å²) in [5, 5.41) is 12.6. The first-order chi connectivity index (χ1) is 7.86. The van der Waals surface area contributed by atoms with Gasteiger partial charge in [0.15, 0.2) is 0 Å². The van der Waals surface area contributed by atoms with Crippen LogP contribution in [0.4, 0.5) is 0 Å². The first-order valence-electron chi connectivity index (χ1n) is 6.15. The number of hydrogen-bond donors (Lipinski definition) is 1. The van der Waals surface area contributed by atoms with Crippen LogP contribution < -0.4 is 0 Å². The molecule has 2 heteroatoms. The summed E-state index contributed by atoms with van der Waals surface area (Å²) >= 11 is 0. The summed E-state index contributed by atoms with van der Waals surface area (Å²) in [5.74, 6) is 0.373. The fourth-order valence-electron chi connectivity index (χ4n) is 2.41. The molecule has 1 aromatic carbocycles. The van der Waals surface area contributed by atoms with E-state index in [0.717, 1.165) is 25.0 Å². The van der Waals surface area contributed by atoms with Crippen molar-refractivity contribution in [2.24, 2.45) is 5.16 Å². The lowest BCUT2D eigenvalue weighted by atomic mass is 9.74. The third-order valence-electron chi connectivity index (χ3n) is 3.42. The van der Waals surface area contributed by atoms with Crippen LogP contribution in [-0.4, -0.2) is 10.9 Å². The average molecular weight is 217 g/mol. The zero-order chi connectivity index (χ0) is 11.4. The Morgan fingerprint density at radius 2 is 2.19 bits per heavy atom. The highest BCUT2D eigenvalue weighted by Crippen LogP contribution is 2.37. The van der Waals surface area contributed by atoms with E-state index in [0.29, 0.717) is 5.92 Å². The van der Waals surface area contributed by atoms with Crippen molar-refractivity contribution >= 4 is 5.71 Å². The van der Waals surface area contributed by atoms with Crippen molar-refractivity contribution in [2.75, 3.05) is 0 Å². The van der Waals surface area contributed by atoms with Crippen molar-refractivity contribution in [1.29, 1.82) is 0 Å². The third kappa shape index (κ3) is 2.11. The molecule has 0 saturated heterocycles. The monoisotopic (exact) mass is 217 g/mol. The Morgan fingerprint density at radius 1 is 1.38 bits per heavy atom. The van der Waals surface area contributed by atoms with Crippen LogP contribution in [0.3, 0.4) is 0 Å². The SMILES string of the molecule is CCCCC/C(=N/O)C1Cc2ccccc21. The summed E-state index contributed by atoms with van der Waals surface area (Å²) in [7, 11) is 0. The van der Waals surface area contributed by atoms with E-state index in [1.54, 1.807) is 0 Å². The predicted octanol–water partition coefficient (Wildman–Crippen LogP) is 3.74. The Bertz CT molecular complexity index is 384. The average Bonchev–Trinajstić information content (AvgIpc) is 2.29. The van der Waals surface area contributed by atoms with Gasteiger partial charge in [0, 0.05) is 5.92 Å². The van der Waals surface area contributed by atoms with Crippen LogP contribution >= 0.6 is 0 Å². The minimum Gasteiger partial charge on any atom is -0.411 e. The van der Waals surface area contributed by atoms with Crippen molar-refractivity contribution in [3.8, 4) is 0 Å². The molecule has 1 unspecified atom stereocenters. The van der Waals surface area contributed by atoms with Crippen LogP contribution in [0.15, 0.2) is 29.4 Å². The second-order valence-electron chi connectivity index (χ2n) is 4.50. The smallest absolute Gasteiger partial charge is 0.0648 e. The number of oxime groups is 1. The van der Waals surface area contributed by atoms with Crippen molar-refractivity contribution in [3.05, 3.63) is 35.4 Å². The Hall–Kier alpha value is -1.31. The highest BCUT2D eigenvalue weighted by atomic mass is 16.4. The Morgan fingerprint density at radius 3 is 2.88 bits per heavy atom. The molecule has 1 N–H and O–H groups in total. The Balaban J connectivity index is 1.99. The van der Waals surface area contributed by atoms with Crippen LogP contribution in [0.2, 0.25) is 0 Å². The molecule has 1 aliphatic carbocycles. The Labute approximate surface area is 97.0 Å². The first-order valence-corrected chi connectivity index (χ1v) is 6.15. The van der Waals surface area contributed by atoms with Gasteiger partial charge in [-0.25, -0.2) is 0 Å². The van der Waals surface area contributed by atoms with E-state index >= 15 is 0 Å². The lowest BCUT2D eigenvalue weighted by molar-refractivity contribution is 0.314. The van der Waals surface area contributed by atoms with Gasteiger partial charge < -0.3 is 5.21 Å². The molecule has 0 bridgehead atoms. The maximum Gasteiger partial charge on any atom is 0.0648 e. The topological polar surface area (TPSA) is 32.6 Å². The minimum atomic E-state index is 0.373. The molecule has 2 rings (SSSR count). The summed E-state index contributed by atoms with van der Waals surface area (Å²) in [4.78, 5) is 0. The number of benzene rings is 1. The molecule has 16 heavy (non-hydrogen) atoms. The number of unbranched alkanes of at least 4 members (excludes halogenated alkanes) is 2. The van der Waals surface area contributed by atoms with Gasteiger partial charge in [-0.3, -0.25) is 0 Å². The highest BCUT2D eigenvalue weighted by Gasteiger charge is 2.29. The molecule has 0 spiro atoms. The molecule has 1 aromatic rings. The Kier molecular flexibility index (Phi) is 3.60. The minimum absolute atomic E-state index is 0.373. The second-order valence-corrected chi connectivity index (χ2v) is 4.50. The maximum absolute atomic E-state index is 9.07. The zero-order valence-corrected chi connectivity index (χ0v) is 9.82. The van der Waals surface area contributed by atoms with Crippen molar-refractivity contribution in [1.82, 2.24) is 0 Å². The summed E-state index contributed by atoms with van der Waals surface area (Å²) in [5.41, 5.74) is 3.73. The molecule has 86 valence electrons. The zero-order valence-electron chi connectivity index (χ0n) is 9.82. The van der Waals surface area contributed by atoms with E-state index in [9.17, 15) is 0 Å². The summed E-state index contributed by atoms with van der Waals surface area (Å²) in [6.45, 7) is 2.19. The van der Waals surface area contributed by atoms with E-state index in [-0.39, 0.29) is 0 Å². The van der Waals surface area contributed by atoms with Gasteiger partial charge in [0.05, 0.1) is 5.71 Å². The standard InChI is InChI=1S/C14H19NO/c1-2-3-4-9-14(15-16)13-10-11-7-5-6-8-12(11)13/h5-8,13,16H,2-4,9-10H2,1H3/b15-14-. The van der Waals surface area contributed by atoms with Gasteiger partial charge in [-0.1, -0.05) is 49.2 Å². The van der Waals surface area contributed by atoms with Crippen molar-refractivity contribution in [3.63, 3.8) is 0 Å². The van der Waals surface area contributed by atoms with Gasteiger partial charge in [-0.05, 0) is 30.4 Å². The fourth-order valence-corrected chi connectivity index (χ4v) is 2.41. The molecule has 0 radical (unpaired) electrons. The molecule has 0 amide bonds. The number of nitrogens with zero attached hydrogens (tertiary/aromatic N) is 1. The van der Waals surface area contributed by atoms with Crippen LogP contribution in [0, 0.1) is 0 Å². The number of hydrogen-bond acceptors (Lipinski definition) is 2. The van der Waals surface area contributed by atoms with E-state index in [1.165, 1.54) is 24.0 Å². The van der Waals surface area contributed by atoms with Gasteiger partial charge in [0.25, 0.3) is 0 Å². The van der Waals surface area contributed by atoms with Crippen LogP contribution in [0.1, 0.15) is 49.7 Å². The van der Waals surface area contributed by atoms with E-state index in [1.807, 2.05) is 0 Å². The molecule has 1 atom stereocenters. The van der Waals surface area contributed by atoms with Crippen molar-refractivity contribution in [2.45, 2.75) is 44.9 Å². The van der Waals surface area contributed by atoms with Crippen molar-refractivity contribution < 1.29 is 5.21 Å². The van der Waals surface area contributed by atoms with Gasteiger partial charge in [0.2, 0.25) is 0 Å². The number of fused-ring (bicyclic) bond motifs is 1. The predicted molar refractivity (Wildman–Crippen MR) is 66.3 cm³/mol. The van der Waals surface area contributed by atoms with E-state index in [2.05, 4.69) is 36.3 Å². The van der Waals surface area contributed by atoms with Gasteiger partial charge in [-0.2, -0.15) is 0 Å². The molecule has 2 nitrogen and oxygen atoms in total. The molecule has 0 heterocycles. The van der Waals surface area contributed by atoms with Crippen LogP contribution in [0.25, 0.3) is 0 Å². The van der Waals surface area contributed by atoms with Gasteiger partial charge in [-0.15, -0.1) is 0 Å². The molecule has 0 fully saturated rings. The lowest BCUT2D eigenvalue weighted by Gasteiger charge is -2.30. The molecular weight excluding hydrogens is 198 g/mol. The quantitative estimate of drug-likeness (QED) is 0.346. The summed E-state index contributed by atoms with van der Waals surface area (Å²) in [6.07, 6.45) is 5.53. The lowest BCUT2D eigenvalue weighted by Crippen LogP contribution is -2.25. The van der Waals surface area contributed by atoms with Gasteiger partial charge >= 0.3 is 0 Å². The molecule has 1 aliphatic rings. The molecule has 0 saturated carbocycles. The molecule has 0 aromatic heterocycles. The summed E-state index contributed by atoms with van der Waals surface area (Å²) in [6, 6.07) is 8.44. The fraction of sp³-hybridized carbons (Fsp3) is 0.500. The van der Waals surface area contributed by atoms with E-state index in [4.69, 9.17) is 5.21 Å².